The Kier molecular flexibility index (Phi) is 3.91. The van der Waals surface area contributed by atoms with Crippen LogP contribution in [0.4, 0.5) is 0 Å². The average molecular weight is 394 g/mol. The number of halogens is 1. The lowest BCUT2D eigenvalue weighted by atomic mass is 10.0. The second-order valence-corrected chi connectivity index (χ2v) is 7.13. The van der Waals surface area contributed by atoms with Gasteiger partial charge in [0.15, 0.2) is 11.6 Å². The number of aromatic nitrogens is 5. The number of fused-ring (bicyclic) bond motifs is 2. The summed E-state index contributed by atoms with van der Waals surface area (Å²) in [6, 6.07) is 9.39. The lowest BCUT2D eigenvalue weighted by Crippen LogP contribution is -2.15. The third-order valence-electron chi connectivity index (χ3n) is 4.97. The zero-order valence-corrected chi connectivity index (χ0v) is 15.8. The van der Waals surface area contributed by atoms with Gasteiger partial charge in [0.05, 0.1) is 28.9 Å². The van der Waals surface area contributed by atoms with E-state index in [0.29, 0.717) is 41.6 Å². The number of benzene rings is 2. The number of carbonyl (C=O) groups is 1. The topological polar surface area (TPSA) is 85.7 Å². The molecule has 0 fully saturated rings. The van der Waals surface area contributed by atoms with E-state index in [1.54, 1.807) is 16.9 Å². The zero-order chi connectivity index (χ0) is 19.3. The molecule has 0 saturated heterocycles. The Balaban J connectivity index is 1.49. The van der Waals surface area contributed by atoms with Crippen LogP contribution in [-0.4, -0.2) is 37.4 Å². The molecule has 0 aliphatic carbocycles. The van der Waals surface area contributed by atoms with Crippen LogP contribution in [0.3, 0.4) is 0 Å². The minimum Gasteiger partial charge on any atom is -0.492 e. The maximum atomic E-state index is 12.0. The SMILES string of the molecule is Cn1nc(-c2ccc3c(c2)OCCC3=O)nc1Cc1ccc2[nH]ncc2c1Cl. The van der Waals surface area contributed by atoms with E-state index in [9.17, 15) is 4.79 Å². The first-order valence-electron chi connectivity index (χ1n) is 8.91. The van der Waals surface area contributed by atoms with Crippen LogP contribution in [-0.2, 0) is 13.5 Å². The highest BCUT2D eigenvalue weighted by atomic mass is 35.5. The molecule has 140 valence electrons. The van der Waals surface area contributed by atoms with E-state index in [4.69, 9.17) is 16.3 Å². The number of aromatic amines is 1. The van der Waals surface area contributed by atoms with Crippen molar-refractivity contribution in [2.45, 2.75) is 12.8 Å². The highest BCUT2D eigenvalue weighted by Gasteiger charge is 2.20. The number of hydrogen-bond acceptors (Lipinski definition) is 5. The maximum absolute atomic E-state index is 12.0. The van der Waals surface area contributed by atoms with Crippen LogP contribution in [0.1, 0.15) is 28.2 Å². The van der Waals surface area contributed by atoms with Gasteiger partial charge in [-0.1, -0.05) is 23.7 Å². The predicted molar refractivity (Wildman–Crippen MR) is 105 cm³/mol. The van der Waals surface area contributed by atoms with Gasteiger partial charge in [0, 0.05) is 30.8 Å². The van der Waals surface area contributed by atoms with Crippen LogP contribution in [0.25, 0.3) is 22.3 Å². The van der Waals surface area contributed by atoms with Crippen molar-refractivity contribution in [3.05, 3.63) is 58.5 Å². The standard InChI is InChI=1S/C20H16ClN5O2/c1-26-18(9-11-3-5-15-14(19(11)21)10-22-24-15)23-20(25-26)12-2-4-13-16(27)6-7-28-17(13)8-12/h2-5,8,10H,6-7,9H2,1H3,(H,22,24). The van der Waals surface area contributed by atoms with E-state index in [0.717, 1.165) is 27.9 Å². The second-order valence-electron chi connectivity index (χ2n) is 6.75. The molecule has 0 atom stereocenters. The molecule has 4 aromatic rings. The molecular weight excluding hydrogens is 378 g/mol. The van der Waals surface area contributed by atoms with Crippen molar-refractivity contribution in [2.24, 2.45) is 7.05 Å². The van der Waals surface area contributed by atoms with Crippen molar-refractivity contribution < 1.29 is 9.53 Å². The first kappa shape index (κ1) is 16.9. The molecule has 28 heavy (non-hydrogen) atoms. The molecule has 0 amide bonds. The van der Waals surface area contributed by atoms with Gasteiger partial charge in [0.2, 0.25) is 0 Å². The number of nitrogens with one attached hydrogen (secondary N) is 1. The molecule has 0 radical (unpaired) electrons. The number of nitrogens with zero attached hydrogens (tertiary/aromatic N) is 4. The molecule has 2 aromatic carbocycles. The Morgan fingerprint density at radius 3 is 3.07 bits per heavy atom. The van der Waals surface area contributed by atoms with E-state index in [1.165, 1.54) is 0 Å². The predicted octanol–water partition coefficient (Wildman–Crippen LogP) is 3.57. The molecule has 7 nitrogen and oxygen atoms in total. The lowest BCUT2D eigenvalue weighted by Gasteiger charge is -2.16. The van der Waals surface area contributed by atoms with Gasteiger partial charge in [0.1, 0.15) is 11.6 Å². The summed E-state index contributed by atoms with van der Waals surface area (Å²) >= 11 is 6.54. The van der Waals surface area contributed by atoms with Gasteiger partial charge < -0.3 is 4.74 Å². The van der Waals surface area contributed by atoms with Crippen LogP contribution in [0.2, 0.25) is 5.02 Å². The van der Waals surface area contributed by atoms with Gasteiger partial charge in [-0.2, -0.15) is 10.2 Å². The van der Waals surface area contributed by atoms with Crippen LogP contribution in [0, 0.1) is 0 Å². The second kappa shape index (κ2) is 6.45. The fraction of sp³-hybridized carbons (Fsp3) is 0.200. The highest BCUT2D eigenvalue weighted by molar-refractivity contribution is 6.36. The Morgan fingerprint density at radius 2 is 2.18 bits per heavy atom. The highest BCUT2D eigenvalue weighted by Crippen LogP contribution is 2.31. The summed E-state index contributed by atoms with van der Waals surface area (Å²) in [5.74, 6) is 2.07. The van der Waals surface area contributed by atoms with Crippen molar-refractivity contribution >= 4 is 28.3 Å². The number of aryl methyl sites for hydroxylation is 1. The molecule has 3 heterocycles. The Hall–Kier alpha value is -3.19. The van der Waals surface area contributed by atoms with E-state index in [-0.39, 0.29) is 5.78 Å². The smallest absolute Gasteiger partial charge is 0.181 e. The lowest BCUT2D eigenvalue weighted by molar-refractivity contribution is 0.0933. The van der Waals surface area contributed by atoms with Gasteiger partial charge in [-0.15, -0.1) is 0 Å². The number of H-pyrrole nitrogens is 1. The number of ether oxygens (including phenoxy) is 1. The first-order chi connectivity index (χ1) is 13.6. The van der Waals surface area contributed by atoms with Crippen molar-refractivity contribution in [3.8, 4) is 17.1 Å². The monoisotopic (exact) mass is 393 g/mol. The molecule has 1 aliphatic heterocycles. The number of Topliss-reactive ketones (excluding diaryl/α,β-unsaturated/α-hetero) is 1. The van der Waals surface area contributed by atoms with E-state index in [1.807, 2.05) is 31.3 Å². The molecule has 5 rings (SSSR count). The van der Waals surface area contributed by atoms with Gasteiger partial charge in [0.25, 0.3) is 0 Å². The fourth-order valence-corrected chi connectivity index (χ4v) is 3.71. The first-order valence-corrected chi connectivity index (χ1v) is 9.29. The molecule has 0 spiro atoms. The van der Waals surface area contributed by atoms with Gasteiger partial charge in [-0.05, 0) is 23.8 Å². The van der Waals surface area contributed by atoms with Crippen LogP contribution < -0.4 is 4.74 Å². The van der Waals surface area contributed by atoms with Crippen LogP contribution in [0.15, 0.2) is 36.5 Å². The third-order valence-corrected chi connectivity index (χ3v) is 5.41. The summed E-state index contributed by atoms with van der Waals surface area (Å²) in [6.45, 7) is 0.408. The number of rotatable bonds is 3. The maximum Gasteiger partial charge on any atom is 0.181 e. The molecular formula is C20H16ClN5O2. The molecule has 8 heteroatoms. The summed E-state index contributed by atoms with van der Waals surface area (Å²) in [5, 5.41) is 13.0. The van der Waals surface area contributed by atoms with Crippen molar-refractivity contribution in [2.75, 3.05) is 6.61 Å². The number of ketones is 1. The van der Waals surface area contributed by atoms with Crippen molar-refractivity contribution in [1.82, 2.24) is 25.0 Å². The summed E-state index contributed by atoms with van der Waals surface area (Å²) in [5.41, 5.74) is 3.28. The fourth-order valence-electron chi connectivity index (χ4n) is 3.43. The Labute approximate surface area is 165 Å². The van der Waals surface area contributed by atoms with Crippen molar-refractivity contribution in [1.29, 1.82) is 0 Å². The van der Waals surface area contributed by atoms with Crippen molar-refractivity contribution in [3.63, 3.8) is 0 Å². The third kappa shape index (κ3) is 2.75. The van der Waals surface area contributed by atoms with Gasteiger partial charge in [-0.3, -0.25) is 14.6 Å². The van der Waals surface area contributed by atoms with Crippen LogP contribution >= 0.6 is 11.6 Å². The largest absolute Gasteiger partial charge is 0.492 e. The molecule has 1 N–H and O–H groups in total. The summed E-state index contributed by atoms with van der Waals surface area (Å²) < 4.78 is 7.37. The normalized spacial score (nSPS) is 13.6. The molecule has 0 saturated carbocycles. The number of carbonyl (C=O) groups excluding carboxylic acids is 1. The van der Waals surface area contributed by atoms with E-state index < -0.39 is 0 Å². The molecule has 2 aromatic heterocycles. The van der Waals surface area contributed by atoms with Gasteiger partial charge >= 0.3 is 0 Å². The van der Waals surface area contributed by atoms with E-state index >= 15 is 0 Å². The Morgan fingerprint density at radius 1 is 1.29 bits per heavy atom. The summed E-state index contributed by atoms with van der Waals surface area (Å²) in [4.78, 5) is 16.6. The Bertz CT molecular complexity index is 1230. The van der Waals surface area contributed by atoms with Crippen LogP contribution in [0.5, 0.6) is 5.75 Å². The quantitative estimate of drug-likeness (QED) is 0.575. The minimum atomic E-state index is 0.103. The number of hydrogen-bond donors (Lipinski definition) is 1. The minimum absolute atomic E-state index is 0.103. The molecule has 0 unspecified atom stereocenters. The zero-order valence-electron chi connectivity index (χ0n) is 15.1. The van der Waals surface area contributed by atoms with E-state index in [2.05, 4.69) is 20.3 Å². The molecule has 1 aliphatic rings. The average Bonchev–Trinajstić information content (AvgIpc) is 3.31. The van der Waals surface area contributed by atoms with Gasteiger partial charge in [-0.25, -0.2) is 4.98 Å². The summed E-state index contributed by atoms with van der Waals surface area (Å²) in [7, 11) is 1.86. The molecule has 0 bridgehead atoms. The summed E-state index contributed by atoms with van der Waals surface area (Å²) in [6.07, 6.45) is 2.68.